The van der Waals surface area contributed by atoms with Gasteiger partial charge in [-0.05, 0) is 31.0 Å². The van der Waals surface area contributed by atoms with Crippen molar-refractivity contribution in [3.63, 3.8) is 0 Å². The Bertz CT molecular complexity index is 971. The summed E-state index contributed by atoms with van der Waals surface area (Å²) in [6.07, 6.45) is 4.48. The van der Waals surface area contributed by atoms with Gasteiger partial charge in [-0.3, -0.25) is 9.48 Å². The lowest BCUT2D eigenvalue weighted by molar-refractivity contribution is 0.0988. The summed E-state index contributed by atoms with van der Waals surface area (Å²) < 4.78 is 4.72. The highest BCUT2D eigenvalue weighted by Gasteiger charge is 2.14. The van der Waals surface area contributed by atoms with Gasteiger partial charge in [-0.2, -0.15) is 10.1 Å². The minimum absolute atomic E-state index is 0.271. The van der Waals surface area contributed by atoms with E-state index in [0.717, 1.165) is 22.2 Å². The van der Waals surface area contributed by atoms with Crippen LogP contribution in [0.3, 0.4) is 0 Å². The largest absolute Gasteiger partial charge is 0.312 e. The van der Waals surface area contributed by atoms with Crippen LogP contribution in [0.25, 0.3) is 10.2 Å². The Morgan fingerprint density at radius 1 is 1.46 bits per heavy atom. The second-order valence-electron chi connectivity index (χ2n) is 5.66. The summed E-state index contributed by atoms with van der Waals surface area (Å²) in [5.74, 6) is -0.271. The zero-order valence-electron chi connectivity index (χ0n) is 14.1. The number of rotatable bonds is 4. The van der Waals surface area contributed by atoms with Gasteiger partial charge in [0.2, 0.25) is 0 Å². The van der Waals surface area contributed by atoms with E-state index in [2.05, 4.69) is 41.8 Å². The fraction of sp³-hybridized carbons (Fsp3) is 0.278. The Balaban J connectivity index is 2.18. The number of benzene rings is 1. The van der Waals surface area contributed by atoms with Gasteiger partial charge >= 0.3 is 0 Å². The molecule has 0 atom stereocenters. The molecule has 3 rings (SSSR count). The Kier molecular flexibility index (Phi) is 4.49. The quantitative estimate of drug-likeness (QED) is 0.685. The SMILES string of the molecule is C=CCn1c(=NC(=O)c2c(C)cnn2C)sc2cc(CC)ccc21. The number of allylic oxidation sites excluding steroid dienone is 1. The molecule has 0 unspecified atom stereocenters. The topological polar surface area (TPSA) is 52.2 Å². The third-order valence-corrected chi connectivity index (χ3v) is 5.03. The van der Waals surface area contributed by atoms with Gasteiger partial charge in [-0.1, -0.05) is 30.4 Å². The van der Waals surface area contributed by atoms with Gasteiger partial charge < -0.3 is 4.57 Å². The summed E-state index contributed by atoms with van der Waals surface area (Å²) in [6.45, 7) is 8.43. The maximum atomic E-state index is 12.6. The van der Waals surface area contributed by atoms with Crippen LogP contribution in [0.5, 0.6) is 0 Å². The third-order valence-electron chi connectivity index (χ3n) is 3.99. The Hall–Kier alpha value is -2.47. The Morgan fingerprint density at radius 3 is 2.88 bits per heavy atom. The van der Waals surface area contributed by atoms with Crippen molar-refractivity contribution in [2.45, 2.75) is 26.8 Å². The van der Waals surface area contributed by atoms with Gasteiger partial charge in [0.25, 0.3) is 5.91 Å². The first-order valence-corrected chi connectivity index (χ1v) is 8.67. The molecule has 5 nitrogen and oxygen atoms in total. The molecule has 0 radical (unpaired) electrons. The van der Waals surface area contributed by atoms with E-state index in [1.165, 1.54) is 16.9 Å². The summed E-state index contributed by atoms with van der Waals surface area (Å²) in [5, 5.41) is 4.12. The molecular weight excluding hydrogens is 320 g/mol. The Morgan fingerprint density at radius 2 is 2.25 bits per heavy atom. The number of hydrogen-bond donors (Lipinski definition) is 0. The molecular formula is C18H20N4OS. The molecule has 0 aliphatic carbocycles. The van der Waals surface area contributed by atoms with Crippen molar-refractivity contribution in [1.29, 1.82) is 0 Å². The van der Waals surface area contributed by atoms with Gasteiger partial charge in [-0.25, -0.2) is 0 Å². The van der Waals surface area contributed by atoms with Crippen LogP contribution in [0.4, 0.5) is 0 Å². The van der Waals surface area contributed by atoms with E-state index in [1.54, 1.807) is 17.9 Å². The first-order chi connectivity index (χ1) is 11.5. The average molecular weight is 340 g/mol. The van der Waals surface area contributed by atoms with Crippen molar-refractivity contribution in [3.05, 3.63) is 58.7 Å². The zero-order chi connectivity index (χ0) is 17.3. The van der Waals surface area contributed by atoms with E-state index in [0.29, 0.717) is 17.0 Å². The monoisotopic (exact) mass is 340 g/mol. The first kappa shape index (κ1) is 16.4. The summed E-state index contributed by atoms with van der Waals surface area (Å²) in [7, 11) is 1.76. The lowest BCUT2D eigenvalue weighted by Gasteiger charge is -2.02. The smallest absolute Gasteiger partial charge is 0.298 e. The minimum atomic E-state index is -0.271. The van der Waals surface area contributed by atoms with Crippen LogP contribution in [0.15, 0.2) is 42.0 Å². The number of thiazole rings is 1. The van der Waals surface area contributed by atoms with Crippen molar-refractivity contribution < 1.29 is 4.79 Å². The molecule has 0 aliphatic heterocycles. The highest BCUT2D eigenvalue weighted by Crippen LogP contribution is 2.20. The molecule has 0 N–H and O–H groups in total. The minimum Gasteiger partial charge on any atom is -0.312 e. The van der Waals surface area contributed by atoms with Crippen LogP contribution >= 0.6 is 11.3 Å². The second kappa shape index (κ2) is 6.57. The Labute approximate surface area is 144 Å². The van der Waals surface area contributed by atoms with Crippen LogP contribution in [0, 0.1) is 6.92 Å². The summed E-state index contributed by atoms with van der Waals surface area (Å²) in [5.41, 5.74) is 3.70. The zero-order valence-corrected chi connectivity index (χ0v) is 14.9. The molecule has 0 bridgehead atoms. The number of hydrogen-bond acceptors (Lipinski definition) is 3. The second-order valence-corrected chi connectivity index (χ2v) is 6.67. The summed E-state index contributed by atoms with van der Waals surface area (Å²) in [4.78, 5) is 17.7. The first-order valence-electron chi connectivity index (χ1n) is 7.86. The molecule has 0 saturated carbocycles. The molecule has 1 amide bonds. The molecule has 2 heterocycles. The number of aryl methyl sites for hydroxylation is 3. The molecule has 6 heteroatoms. The van der Waals surface area contributed by atoms with Crippen molar-refractivity contribution >= 4 is 27.5 Å². The van der Waals surface area contributed by atoms with Crippen LogP contribution in [0.1, 0.15) is 28.5 Å². The summed E-state index contributed by atoms with van der Waals surface area (Å²) in [6, 6.07) is 6.37. The maximum Gasteiger partial charge on any atom is 0.298 e. The number of fused-ring (bicyclic) bond motifs is 1. The van der Waals surface area contributed by atoms with Gasteiger partial charge in [-0.15, -0.1) is 6.58 Å². The van der Waals surface area contributed by atoms with E-state index in [4.69, 9.17) is 0 Å². The molecule has 2 aromatic heterocycles. The van der Waals surface area contributed by atoms with Crippen molar-refractivity contribution in [2.24, 2.45) is 12.0 Å². The lowest BCUT2D eigenvalue weighted by atomic mass is 10.2. The number of aromatic nitrogens is 3. The van der Waals surface area contributed by atoms with E-state index in [9.17, 15) is 4.79 Å². The number of carbonyl (C=O) groups excluding carboxylic acids is 1. The molecule has 3 aromatic rings. The van der Waals surface area contributed by atoms with Crippen molar-refractivity contribution in [3.8, 4) is 0 Å². The molecule has 0 saturated heterocycles. The predicted octanol–water partition coefficient (Wildman–Crippen LogP) is 3.23. The standard InChI is InChI=1S/C18H20N4OS/c1-5-9-22-14-8-7-13(6-2)10-15(14)24-18(22)20-17(23)16-12(3)11-19-21(16)4/h5,7-8,10-11H,1,6,9H2,2-4H3. The molecule has 24 heavy (non-hydrogen) atoms. The van der Waals surface area contributed by atoms with E-state index < -0.39 is 0 Å². The lowest BCUT2D eigenvalue weighted by Crippen LogP contribution is -2.17. The molecule has 0 fully saturated rings. The molecule has 0 aliphatic rings. The van der Waals surface area contributed by atoms with Gasteiger partial charge in [0.1, 0.15) is 5.69 Å². The fourth-order valence-electron chi connectivity index (χ4n) is 2.72. The van der Waals surface area contributed by atoms with Crippen molar-refractivity contribution in [1.82, 2.24) is 14.3 Å². The van der Waals surface area contributed by atoms with Gasteiger partial charge in [0.05, 0.1) is 16.4 Å². The number of nitrogens with zero attached hydrogens (tertiary/aromatic N) is 4. The van der Waals surface area contributed by atoms with Crippen LogP contribution < -0.4 is 4.80 Å². The highest BCUT2D eigenvalue weighted by molar-refractivity contribution is 7.16. The van der Waals surface area contributed by atoms with E-state index in [-0.39, 0.29) is 5.91 Å². The van der Waals surface area contributed by atoms with Gasteiger partial charge in [0, 0.05) is 19.2 Å². The van der Waals surface area contributed by atoms with E-state index in [1.807, 2.05) is 17.6 Å². The van der Waals surface area contributed by atoms with Crippen LogP contribution in [-0.2, 0) is 20.0 Å². The molecule has 0 spiro atoms. The van der Waals surface area contributed by atoms with Crippen LogP contribution in [-0.4, -0.2) is 20.3 Å². The third kappa shape index (κ3) is 2.85. The molecule has 124 valence electrons. The van der Waals surface area contributed by atoms with Gasteiger partial charge in [0.15, 0.2) is 4.80 Å². The molecule has 1 aromatic carbocycles. The predicted molar refractivity (Wildman–Crippen MR) is 97.2 cm³/mol. The van der Waals surface area contributed by atoms with Crippen molar-refractivity contribution in [2.75, 3.05) is 0 Å². The normalized spacial score (nSPS) is 12.0. The number of carbonyl (C=O) groups is 1. The number of amides is 1. The van der Waals surface area contributed by atoms with E-state index >= 15 is 0 Å². The summed E-state index contributed by atoms with van der Waals surface area (Å²) >= 11 is 1.53. The highest BCUT2D eigenvalue weighted by atomic mass is 32.1. The van der Waals surface area contributed by atoms with Crippen LogP contribution in [0.2, 0.25) is 0 Å². The maximum absolute atomic E-state index is 12.6. The average Bonchev–Trinajstić information content (AvgIpc) is 3.07. The fourth-order valence-corrected chi connectivity index (χ4v) is 3.82.